The molecule has 2 unspecified atom stereocenters. The SMILES string of the molecule is CC(C)(C)C1CC(CN(CC(O)c2c(Cl)cncc2Cl)C(=O)c2cnn(C3C=CCCC3)c2C(F)(F)F)C1. The summed E-state index contributed by atoms with van der Waals surface area (Å²) in [7, 11) is 0. The van der Waals surface area contributed by atoms with Crippen molar-refractivity contribution in [2.24, 2.45) is 17.3 Å². The largest absolute Gasteiger partial charge is 0.433 e. The molecule has 2 aliphatic rings. The summed E-state index contributed by atoms with van der Waals surface area (Å²) in [5, 5.41) is 15.3. The van der Waals surface area contributed by atoms with Gasteiger partial charge in [-0.3, -0.25) is 14.5 Å². The van der Waals surface area contributed by atoms with Gasteiger partial charge in [0.05, 0.1) is 40.5 Å². The first kappa shape index (κ1) is 28.9. The van der Waals surface area contributed by atoms with E-state index in [1.54, 1.807) is 6.08 Å². The van der Waals surface area contributed by atoms with Crippen LogP contribution in [0.3, 0.4) is 0 Å². The molecule has 1 amide bonds. The lowest BCUT2D eigenvalue weighted by molar-refractivity contribution is -0.145. The number of aromatic nitrogens is 3. The lowest BCUT2D eigenvalue weighted by Crippen LogP contribution is -2.44. The number of pyridine rings is 1. The van der Waals surface area contributed by atoms with E-state index in [-0.39, 0.29) is 40.0 Å². The second-order valence-corrected chi connectivity index (χ2v) is 12.2. The van der Waals surface area contributed by atoms with E-state index < -0.39 is 35.5 Å². The average molecular weight is 573 g/mol. The van der Waals surface area contributed by atoms with Gasteiger partial charge in [-0.25, -0.2) is 0 Å². The molecule has 0 saturated heterocycles. The molecule has 2 heterocycles. The van der Waals surface area contributed by atoms with Gasteiger partial charge in [-0.15, -0.1) is 0 Å². The number of amides is 1. The minimum absolute atomic E-state index is 0.0983. The van der Waals surface area contributed by atoms with Gasteiger partial charge >= 0.3 is 6.18 Å². The van der Waals surface area contributed by atoms with Gasteiger partial charge < -0.3 is 10.0 Å². The number of halogens is 5. The quantitative estimate of drug-likeness (QED) is 0.358. The van der Waals surface area contributed by atoms with Crippen LogP contribution in [-0.4, -0.2) is 43.8 Å². The third-order valence-electron chi connectivity index (χ3n) is 7.68. The maximum atomic E-state index is 14.3. The molecule has 1 N–H and O–H groups in total. The standard InChI is InChI=1S/C27H33Cl2F3N4O2/c1-26(2,3)17-9-16(10-17)14-35(15-22(37)23-20(28)12-33-13-21(23)29)25(38)19-11-34-36(24(19)27(30,31)32)18-7-5-4-6-8-18/h5,7,11-13,16-18,22,37H,4,6,8-10,14-15H2,1-3H3. The van der Waals surface area contributed by atoms with Gasteiger partial charge in [0.15, 0.2) is 5.69 Å². The van der Waals surface area contributed by atoms with Gasteiger partial charge in [0, 0.05) is 24.5 Å². The molecule has 2 atom stereocenters. The van der Waals surface area contributed by atoms with Gasteiger partial charge in [0.1, 0.15) is 0 Å². The smallest absolute Gasteiger partial charge is 0.386 e. The van der Waals surface area contributed by atoms with E-state index >= 15 is 0 Å². The van der Waals surface area contributed by atoms with E-state index in [0.29, 0.717) is 12.3 Å². The minimum atomic E-state index is -4.79. The van der Waals surface area contributed by atoms with Crippen LogP contribution in [0.25, 0.3) is 0 Å². The Morgan fingerprint density at radius 2 is 1.84 bits per heavy atom. The molecular weight excluding hydrogens is 540 g/mol. The number of carbonyl (C=O) groups is 1. The highest BCUT2D eigenvalue weighted by Gasteiger charge is 2.44. The summed E-state index contributed by atoms with van der Waals surface area (Å²) in [5.41, 5.74) is -1.32. The molecule has 2 aromatic heterocycles. The predicted octanol–water partition coefficient (Wildman–Crippen LogP) is 7.13. The van der Waals surface area contributed by atoms with Crippen molar-refractivity contribution in [3.63, 3.8) is 0 Å². The van der Waals surface area contributed by atoms with E-state index in [1.807, 2.05) is 6.08 Å². The van der Waals surface area contributed by atoms with Crippen molar-refractivity contribution in [1.29, 1.82) is 0 Å². The van der Waals surface area contributed by atoms with E-state index in [9.17, 15) is 23.1 Å². The Morgan fingerprint density at radius 1 is 1.18 bits per heavy atom. The number of allylic oxidation sites excluding steroid dienone is 2. The van der Waals surface area contributed by atoms with Crippen LogP contribution in [0.4, 0.5) is 13.2 Å². The fourth-order valence-electron chi connectivity index (χ4n) is 5.40. The summed E-state index contributed by atoms with van der Waals surface area (Å²) in [6.45, 7) is 6.38. The first-order chi connectivity index (χ1) is 17.8. The predicted molar refractivity (Wildman–Crippen MR) is 140 cm³/mol. The summed E-state index contributed by atoms with van der Waals surface area (Å²) in [5.74, 6) is -0.280. The van der Waals surface area contributed by atoms with Gasteiger partial charge in [-0.1, -0.05) is 56.1 Å². The number of alkyl halides is 3. The number of hydrogen-bond donors (Lipinski definition) is 1. The number of carbonyl (C=O) groups excluding carboxylic acids is 1. The maximum absolute atomic E-state index is 14.3. The Balaban J connectivity index is 1.66. The Kier molecular flexibility index (Phi) is 8.50. The van der Waals surface area contributed by atoms with Crippen molar-refractivity contribution in [1.82, 2.24) is 19.7 Å². The third kappa shape index (κ3) is 6.20. The molecule has 1 fully saturated rings. The second-order valence-electron chi connectivity index (χ2n) is 11.4. The molecular formula is C27H33Cl2F3N4O2. The monoisotopic (exact) mass is 572 g/mol. The fourth-order valence-corrected chi connectivity index (χ4v) is 6.02. The van der Waals surface area contributed by atoms with Crippen LogP contribution in [0.5, 0.6) is 0 Å². The third-order valence-corrected chi connectivity index (χ3v) is 8.28. The lowest BCUT2D eigenvalue weighted by atomic mass is 9.63. The van der Waals surface area contributed by atoms with Gasteiger partial charge in [-0.05, 0) is 49.4 Å². The average Bonchev–Trinajstić information content (AvgIpc) is 3.25. The molecule has 4 rings (SSSR count). The van der Waals surface area contributed by atoms with Crippen LogP contribution in [0, 0.1) is 17.3 Å². The molecule has 1 saturated carbocycles. The van der Waals surface area contributed by atoms with Crippen LogP contribution in [-0.2, 0) is 6.18 Å². The maximum Gasteiger partial charge on any atom is 0.433 e. The van der Waals surface area contributed by atoms with Crippen LogP contribution >= 0.6 is 23.2 Å². The Labute approximate surface area is 230 Å². The zero-order chi connectivity index (χ0) is 27.8. The van der Waals surface area contributed by atoms with E-state index in [4.69, 9.17) is 23.2 Å². The fraction of sp³-hybridized carbons (Fsp3) is 0.593. The van der Waals surface area contributed by atoms with Crippen LogP contribution in [0.2, 0.25) is 10.0 Å². The highest BCUT2D eigenvalue weighted by atomic mass is 35.5. The first-order valence-electron chi connectivity index (χ1n) is 12.8. The van der Waals surface area contributed by atoms with Gasteiger partial charge in [-0.2, -0.15) is 18.3 Å². The Bertz CT molecular complexity index is 1170. The number of aliphatic hydroxyl groups is 1. The molecule has 11 heteroatoms. The van der Waals surface area contributed by atoms with Crippen molar-refractivity contribution in [2.75, 3.05) is 13.1 Å². The van der Waals surface area contributed by atoms with E-state index in [1.165, 1.54) is 17.3 Å². The summed E-state index contributed by atoms with van der Waals surface area (Å²) < 4.78 is 43.9. The summed E-state index contributed by atoms with van der Waals surface area (Å²) >= 11 is 12.4. The highest BCUT2D eigenvalue weighted by Crippen LogP contribution is 2.46. The molecule has 2 aliphatic carbocycles. The number of hydrogen-bond acceptors (Lipinski definition) is 4. The number of nitrogens with zero attached hydrogens (tertiary/aromatic N) is 4. The van der Waals surface area contributed by atoms with Crippen LogP contribution < -0.4 is 0 Å². The van der Waals surface area contributed by atoms with Crippen molar-refractivity contribution in [3.8, 4) is 0 Å². The van der Waals surface area contributed by atoms with Crippen molar-refractivity contribution >= 4 is 29.1 Å². The normalized spacial score (nSPS) is 22.7. The van der Waals surface area contributed by atoms with Crippen molar-refractivity contribution < 1.29 is 23.1 Å². The van der Waals surface area contributed by atoms with Gasteiger partial charge in [0.25, 0.3) is 5.91 Å². The molecule has 38 heavy (non-hydrogen) atoms. The Morgan fingerprint density at radius 3 is 2.39 bits per heavy atom. The zero-order valence-electron chi connectivity index (χ0n) is 21.7. The molecule has 208 valence electrons. The number of rotatable bonds is 7. The molecule has 0 aromatic carbocycles. The van der Waals surface area contributed by atoms with E-state index in [2.05, 4.69) is 30.9 Å². The topological polar surface area (TPSA) is 71.2 Å². The summed E-state index contributed by atoms with van der Waals surface area (Å²) in [4.78, 5) is 18.9. The van der Waals surface area contributed by atoms with Crippen LogP contribution in [0.15, 0.2) is 30.7 Å². The summed E-state index contributed by atoms with van der Waals surface area (Å²) in [6.07, 6.45) is 4.82. The van der Waals surface area contributed by atoms with Crippen molar-refractivity contribution in [2.45, 2.75) is 71.2 Å². The second kappa shape index (κ2) is 11.2. The molecule has 6 nitrogen and oxygen atoms in total. The first-order valence-corrected chi connectivity index (χ1v) is 13.6. The van der Waals surface area contributed by atoms with Crippen molar-refractivity contribution in [3.05, 3.63) is 57.6 Å². The highest BCUT2D eigenvalue weighted by molar-refractivity contribution is 6.35. The zero-order valence-corrected chi connectivity index (χ0v) is 23.2. The molecule has 0 radical (unpaired) electrons. The van der Waals surface area contributed by atoms with Gasteiger partial charge in [0.2, 0.25) is 0 Å². The minimum Gasteiger partial charge on any atom is -0.386 e. The number of aliphatic hydroxyl groups excluding tert-OH is 1. The summed E-state index contributed by atoms with van der Waals surface area (Å²) in [6, 6.07) is -0.574. The molecule has 2 aromatic rings. The lowest BCUT2D eigenvalue weighted by Gasteiger charge is -2.45. The molecule has 0 spiro atoms. The Hall–Kier alpha value is -2.10. The molecule has 0 bridgehead atoms. The molecule has 0 aliphatic heterocycles. The van der Waals surface area contributed by atoms with Crippen LogP contribution in [0.1, 0.15) is 86.6 Å². The van der Waals surface area contributed by atoms with E-state index in [0.717, 1.165) is 36.6 Å².